The molecule has 5 heteroatoms. The summed E-state index contributed by atoms with van der Waals surface area (Å²) in [6.45, 7) is 0. The summed E-state index contributed by atoms with van der Waals surface area (Å²) >= 11 is 0. The average molecular weight is 548 g/mol. The molecule has 0 aliphatic carbocycles. The Labute approximate surface area is 239 Å². The van der Waals surface area contributed by atoms with E-state index in [-0.39, 0.29) is 0 Å². The van der Waals surface area contributed by atoms with Crippen molar-refractivity contribution in [2.45, 2.75) is 4.90 Å². The molecule has 0 saturated heterocycles. The van der Waals surface area contributed by atoms with E-state index in [2.05, 4.69) is 12.1 Å². The zero-order valence-electron chi connectivity index (χ0n) is 22.1. The van der Waals surface area contributed by atoms with E-state index < -0.39 is 9.73 Å². The molecule has 5 aromatic carbocycles. The minimum absolute atomic E-state index is 0.565. The Morgan fingerprint density at radius 3 is 1.66 bits per heavy atom. The second-order valence-corrected chi connectivity index (χ2v) is 11.8. The van der Waals surface area contributed by atoms with Gasteiger partial charge in [-0.3, -0.25) is 0 Å². The van der Waals surface area contributed by atoms with Crippen molar-refractivity contribution in [1.82, 2.24) is 9.97 Å². The largest absolute Gasteiger partial charge is 0.239 e. The lowest BCUT2D eigenvalue weighted by molar-refractivity contribution is 0.683. The molecule has 1 aromatic heterocycles. The Bertz CT molecular complexity index is 1960. The smallest absolute Gasteiger partial charge is 0.160 e. The molecular formula is C36H25N3OS. The van der Waals surface area contributed by atoms with Gasteiger partial charge in [-0.2, -0.15) is 4.36 Å². The molecule has 1 unspecified atom stereocenters. The molecule has 6 aromatic rings. The summed E-state index contributed by atoms with van der Waals surface area (Å²) in [5, 5.41) is 0. The van der Waals surface area contributed by atoms with Gasteiger partial charge in [0.1, 0.15) is 9.73 Å². The number of hydrogen-bond acceptors (Lipinski definition) is 4. The maximum atomic E-state index is 15.5. The zero-order chi connectivity index (χ0) is 27.6. The molecular weight excluding hydrogens is 522 g/mol. The quantitative estimate of drug-likeness (QED) is 0.217. The number of hydrogen-bond donors (Lipinski definition) is 0. The van der Waals surface area contributed by atoms with Crippen molar-refractivity contribution in [3.8, 4) is 22.6 Å². The molecule has 0 fully saturated rings. The third-order valence-corrected chi connectivity index (χ3v) is 9.42. The molecule has 0 bridgehead atoms. The fourth-order valence-electron chi connectivity index (χ4n) is 5.18. The summed E-state index contributed by atoms with van der Waals surface area (Å²) in [7, 11) is -3.16. The SMILES string of the molecule is O=S1(c2ccccc2)=Nc2ccccc2C(c2ccccc2)=C1c1cc(-c2ccccc2)nc(-c2ccccc2)n1. The summed E-state index contributed by atoms with van der Waals surface area (Å²) in [6, 6.07) is 49.4. The van der Waals surface area contributed by atoms with E-state index in [1.165, 1.54) is 0 Å². The third kappa shape index (κ3) is 4.56. The number of benzene rings is 5. The van der Waals surface area contributed by atoms with Gasteiger partial charge in [-0.25, -0.2) is 14.2 Å². The minimum Gasteiger partial charge on any atom is -0.239 e. The highest BCUT2D eigenvalue weighted by Crippen LogP contribution is 2.47. The minimum atomic E-state index is -3.16. The van der Waals surface area contributed by atoms with Crippen LogP contribution in [0.25, 0.3) is 33.1 Å². The van der Waals surface area contributed by atoms with E-state index in [9.17, 15) is 0 Å². The molecule has 0 saturated carbocycles. The van der Waals surface area contributed by atoms with Crippen molar-refractivity contribution in [3.05, 3.63) is 168 Å². The van der Waals surface area contributed by atoms with Gasteiger partial charge in [0, 0.05) is 22.3 Å². The summed E-state index contributed by atoms with van der Waals surface area (Å²) in [4.78, 5) is 11.3. The van der Waals surface area contributed by atoms with Crippen LogP contribution in [0.3, 0.4) is 0 Å². The summed E-state index contributed by atoms with van der Waals surface area (Å²) in [5.74, 6) is 0.565. The predicted octanol–water partition coefficient (Wildman–Crippen LogP) is 8.90. The zero-order valence-corrected chi connectivity index (χ0v) is 22.9. The van der Waals surface area contributed by atoms with E-state index in [1.54, 1.807) is 0 Å². The average Bonchev–Trinajstić information content (AvgIpc) is 3.05. The lowest BCUT2D eigenvalue weighted by Crippen LogP contribution is -2.13. The Hall–Kier alpha value is -5.13. The number of fused-ring (bicyclic) bond motifs is 1. The Morgan fingerprint density at radius 1 is 0.488 bits per heavy atom. The molecule has 2 heterocycles. The Balaban J connectivity index is 1.63. The molecule has 0 spiro atoms. The third-order valence-electron chi connectivity index (χ3n) is 7.09. The van der Waals surface area contributed by atoms with Crippen LogP contribution in [0.5, 0.6) is 0 Å². The van der Waals surface area contributed by atoms with Crippen LogP contribution in [0.15, 0.2) is 161 Å². The van der Waals surface area contributed by atoms with E-state index in [4.69, 9.17) is 14.3 Å². The fourth-order valence-corrected chi connectivity index (χ4v) is 7.47. The first-order chi connectivity index (χ1) is 20.2. The second kappa shape index (κ2) is 10.5. The molecule has 1 atom stereocenters. The highest BCUT2D eigenvalue weighted by atomic mass is 32.2. The normalized spacial score (nSPS) is 16.1. The van der Waals surface area contributed by atoms with Crippen molar-refractivity contribution in [2.24, 2.45) is 4.36 Å². The standard InChI is InChI=1S/C36H25N3OS/c40-41(29-21-11-4-12-22-29)35(34(27-17-7-2-8-18-27)30-23-13-14-24-31(30)39-41)33-25-32(26-15-5-1-6-16-26)37-36(38-33)28-19-9-3-10-20-28/h1-25H. The van der Waals surface area contributed by atoms with Crippen LogP contribution in [0.2, 0.25) is 0 Å². The van der Waals surface area contributed by atoms with E-state index in [1.807, 2.05) is 140 Å². The van der Waals surface area contributed by atoms with Gasteiger partial charge < -0.3 is 0 Å². The van der Waals surface area contributed by atoms with Gasteiger partial charge in [0.15, 0.2) is 5.82 Å². The van der Waals surface area contributed by atoms with Crippen LogP contribution in [-0.2, 0) is 9.73 Å². The molecule has 41 heavy (non-hydrogen) atoms. The molecule has 1 aliphatic rings. The maximum absolute atomic E-state index is 15.5. The van der Waals surface area contributed by atoms with Crippen LogP contribution in [0, 0.1) is 0 Å². The van der Waals surface area contributed by atoms with Crippen molar-refractivity contribution < 1.29 is 4.21 Å². The van der Waals surface area contributed by atoms with Crippen LogP contribution in [0.1, 0.15) is 16.8 Å². The van der Waals surface area contributed by atoms with Gasteiger partial charge >= 0.3 is 0 Å². The van der Waals surface area contributed by atoms with Gasteiger partial charge in [0.25, 0.3) is 0 Å². The molecule has 0 radical (unpaired) electrons. The number of rotatable bonds is 5. The van der Waals surface area contributed by atoms with E-state index >= 15 is 4.21 Å². The number of aromatic nitrogens is 2. The molecule has 0 amide bonds. The molecule has 7 rings (SSSR count). The van der Waals surface area contributed by atoms with Crippen molar-refractivity contribution >= 4 is 25.9 Å². The van der Waals surface area contributed by atoms with Gasteiger partial charge in [-0.05, 0) is 29.8 Å². The van der Waals surface area contributed by atoms with Gasteiger partial charge in [-0.1, -0.05) is 127 Å². The van der Waals surface area contributed by atoms with Crippen LogP contribution in [0.4, 0.5) is 5.69 Å². The van der Waals surface area contributed by atoms with Crippen molar-refractivity contribution in [2.75, 3.05) is 0 Å². The van der Waals surface area contributed by atoms with Crippen molar-refractivity contribution in [3.63, 3.8) is 0 Å². The highest BCUT2D eigenvalue weighted by Gasteiger charge is 2.33. The maximum Gasteiger partial charge on any atom is 0.160 e. The van der Waals surface area contributed by atoms with Crippen LogP contribution in [-0.4, -0.2) is 14.2 Å². The first-order valence-corrected chi connectivity index (χ1v) is 14.9. The Kier molecular flexibility index (Phi) is 6.34. The van der Waals surface area contributed by atoms with E-state index in [0.717, 1.165) is 33.5 Å². The number of nitrogens with zero attached hydrogens (tertiary/aromatic N) is 3. The fraction of sp³-hybridized carbons (Fsp3) is 0. The lowest BCUT2D eigenvalue weighted by Gasteiger charge is -2.25. The van der Waals surface area contributed by atoms with Crippen LogP contribution >= 0.6 is 0 Å². The van der Waals surface area contributed by atoms with E-state index in [0.29, 0.717) is 27.0 Å². The first kappa shape index (κ1) is 24.9. The predicted molar refractivity (Wildman–Crippen MR) is 167 cm³/mol. The lowest BCUT2D eigenvalue weighted by atomic mass is 9.95. The monoisotopic (exact) mass is 547 g/mol. The summed E-state index contributed by atoms with van der Waals surface area (Å²) in [6.07, 6.45) is 0. The van der Waals surface area contributed by atoms with Gasteiger partial charge in [0.2, 0.25) is 0 Å². The second-order valence-electron chi connectivity index (χ2n) is 9.71. The van der Waals surface area contributed by atoms with Gasteiger partial charge in [0.05, 0.1) is 26.9 Å². The Morgan fingerprint density at radius 2 is 1.00 bits per heavy atom. The topological polar surface area (TPSA) is 55.2 Å². The summed E-state index contributed by atoms with van der Waals surface area (Å²) in [5.41, 5.74) is 6.61. The van der Waals surface area contributed by atoms with Crippen LogP contribution < -0.4 is 0 Å². The summed E-state index contributed by atoms with van der Waals surface area (Å²) < 4.78 is 20.5. The molecule has 0 N–H and O–H groups in total. The highest BCUT2D eigenvalue weighted by molar-refractivity contribution is 8.03. The molecule has 1 aliphatic heterocycles. The van der Waals surface area contributed by atoms with Crippen molar-refractivity contribution in [1.29, 1.82) is 0 Å². The molecule has 196 valence electrons. The van der Waals surface area contributed by atoms with Gasteiger partial charge in [-0.15, -0.1) is 0 Å². The molecule has 4 nitrogen and oxygen atoms in total. The first-order valence-electron chi connectivity index (χ1n) is 13.4.